The largest absolute Gasteiger partial charge is 0.490 e. The summed E-state index contributed by atoms with van der Waals surface area (Å²) in [4.78, 5) is 41.0. The molecule has 2 aliphatic heterocycles. The molecule has 0 spiro atoms. The predicted octanol–water partition coefficient (Wildman–Crippen LogP) is 4.11. The molecule has 0 saturated carbocycles. The SMILES string of the molecule is CCOc1cc(/C=C2/SC(=S)N(C(C(=O)O)c3ccccc3)C2=O)cc(Br)c1OCC(=O)N1CCOCC1. The summed E-state index contributed by atoms with van der Waals surface area (Å²) in [5.41, 5.74) is 1.06. The molecule has 4 rings (SSSR count). The van der Waals surface area contributed by atoms with Crippen molar-refractivity contribution in [2.75, 3.05) is 39.5 Å². The molecule has 0 bridgehead atoms. The van der Waals surface area contributed by atoms with Crippen molar-refractivity contribution in [1.29, 1.82) is 0 Å². The van der Waals surface area contributed by atoms with Gasteiger partial charge in [0.1, 0.15) is 4.32 Å². The molecular weight excluding hydrogens is 596 g/mol. The number of amides is 2. The average Bonchev–Trinajstić information content (AvgIpc) is 3.17. The molecule has 2 amide bonds. The van der Waals surface area contributed by atoms with Crippen molar-refractivity contribution in [3.8, 4) is 11.5 Å². The quantitative estimate of drug-likeness (QED) is 0.327. The van der Waals surface area contributed by atoms with E-state index in [1.807, 2.05) is 6.92 Å². The molecule has 0 radical (unpaired) electrons. The molecule has 2 fully saturated rings. The van der Waals surface area contributed by atoms with Gasteiger partial charge in [0.2, 0.25) is 0 Å². The second-order valence-corrected chi connectivity index (χ2v) is 10.8. The van der Waals surface area contributed by atoms with E-state index in [1.54, 1.807) is 53.4 Å². The second-order valence-electron chi connectivity index (χ2n) is 8.25. The molecule has 1 atom stereocenters. The van der Waals surface area contributed by atoms with E-state index in [0.29, 0.717) is 60.0 Å². The number of carboxylic acids is 1. The van der Waals surface area contributed by atoms with Crippen LogP contribution in [0, 0.1) is 0 Å². The number of nitrogens with zero attached hydrogens (tertiary/aromatic N) is 2. The van der Waals surface area contributed by atoms with E-state index in [2.05, 4.69) is 15.9 Å². The molecule has 12 heteroatoms. The number of hydrogen-bond donors (Lipinski definition) is 1. The maximum absolute atomic E-state index is 13.3. The van der Waals surface area contributed by atoms with Crippen LogP contribution < -0.4 is 9.47 Å². The summed E-state index contributed by atoms with van der Waals surface area (Å²) in [6.45, 7) is 4.05. The fraction of sp³-hybridized carbons (Fsp3) is 0.308. The number of carbonyl (C=O) groups is 3. The Morgan fingerprint density at radius 3 is 2.58 bits per heavy atom. The predicted molar refractivity (Wildman–Crippen MR) is 150 cm³/mol. The number of thioether (sulfide) groups is 1. The van der Waals surface area contributed by atoms with E-state index in [-0.39, 0.29) is 21.7 Å². The maximum atomic E-state index is 13.3. The first-order valence-electron chi connectivity index (χ1n) is 11.8. The third-order valence-corrected chi connectivity index (χ3v) is 7.68. The Labute approximate surface area is 237 Å². The molecule has 1 N–H and O–H groups in total. The Morgan fingerprint density at radius 1 is 1.21 bits per heavy atom. The van der Waals surface area contributed by atoms with E-state index in [4.69, 9.17) is 26.4 Å². The van der Waals surface area contributed by atoms with Gasteiger partial charge in [0.25, 0.3) is 11.8 Å². The van der Waals surface area contributed by atoms with Gasteiger partial charge in [-0.15, -0.1) is 0 Å². The lowest BCUT2D eigenvalue weighted by Gasteiger charge is -2.27. The third kappa shape index (κ3) is 6.37. The highest BCUT2D eigenvalue weighted by Gasteiger charge is 2.41. The standard InChI is InChI=1S/C26H25BrN2O7S2/c1-2-35-19-13-16(12-18(27)23(19)36-15-21(30)28-8-10-34-11-9-28)14-20-24(31)29(26(37)38-20)22(25(32)33)17-6-4-3-5-7-17/h3-7,12-14,22H,2,8-11,15H2,1H3,(H,32,33)/b20-14+. The molecule has 1 unspecified atom stereocenters. The number of carbonyl (C=O) groups excluding carboxylic acids is 2. The van der Waals surface area contributed by atoms with Gasteiger partial charge in [-0.25, -0.2) is 4.79 Å². The maximum Gasteiger partial charge on any atom is 0.331 e. The Morgan fingerprint density at radius 2 is 1.92 bits per heavy atom. The van der Waals surface area contributed by atoms with Crippen LogP contribution in [0.3, 0.4) is 0 Å². The lowest BCUT2D eigenvalue weighted by atomic mass is 10.1. The molecular formula is C26H25BrN2O7S2. The molecule has 0 aliphatic carbocycles. The number of morpholine rings is 1. The molecule has 0 aromatic heterocycles. The van der Waals surface area contributed by atoms with E-state index in [0.717, 1.165) is 16.7 Å². The average molecular weight is 622 g/mol. The van der Waals surface area contributed by atoms with Gasteiger partial charge in [0.15, 0.2) is 24.1 Å². The van der Waals surface area contributed by atoms with Crippen LogP contribution in [0.25, 0.3) is 6.08 Å². The summed E-state index contributed by atoms with van der Waals surface area (Å²) < 4.78 is 17.6. The van der Waals surface area contributed by atoms with E-state index in [1.165, 1.54) is 0 Å². The fourth-order valence-corrected chi connectivity index (χ4v) is 5.89. The monoisotopic (exact) mass is 620 g/mol. The van der Waals surface area contributed by atoms with Crippen molar-refractivity contribution < 1.29 is 33.7 Å². The summed E-state index contributed by atoms with van der Waals surface area (Å²) in [5.74, 6) is -1.06. The van der Waals surface area contributed by atoms with Crippen LogP contribution in [0.1, 0.15) is 24.1 Å². The Bertz CT molecular complexity index is 1270. The minimum Gasteiger partial charge on any atom is -0.490 e. The molecule has 2 aromatic rings. The number of halogens is 1. The lowest BCUT2D eigenvalue weighted by Crippen LogP contribution is -2.43. The van der Waals surface area contributed by atoms with Crippen LogP contribution >= 0.6 is 39.9 Å². The zero-order chi connectivity index (χ0) is 27.2. The van der Waals surface area contributed by atoms with Crippen molar-refractivity contribution in [2.24, 2.45) is 0 Å². The number of ether oxygens (including phenoxy) is 3. The summed E-state index contributed by atoms with van der Waals surface area (Å²) in [6, 6.07) is 10.7. The summed E-state index contributed by atoms with van der Waals surface area (Å²) in [7, 11) is 0. The van der Waals surface area contributed by atoms with Crippen molar-refractivity contribution in [3.63, 3.8) is 0 Å². The number of aliphatic carboxylic acids is 1. The zero-order valence-corrected chi connectivity index (χ0v) is 23.6. The minimum atomic E-state index is -1.24. The fourth-order valence-electron chi connectivity index (χ4n) is 4.00. The molecule has 38 heavy (non-hydrogen) atoms. The Kier molecular flexibility index (Phi) is 9.42. The Balaban J connectivity index is 1.56. The number of carboxylic acid groups (broad SMARTS) is 1. The van der Waals surface area contributed by atoms with Crippen molar-refractivity contribution >= 4 is 68.1 Å². The van der Waals surface area contributed by atoms with Gasteiger partial charge in [0, 0.05) is 13.1 Å². The first kappa shape index (κ1) is 28.1. The number of rotatable bonds is 9. The number of thiocarbonyl (C=S) groups is 1. The highest BCUT2D eigenvalue weighted by Crippen LogP contribution is 2.41. The third-order valence-electron chi connectivity index (χ3n) is 5.76. The summed E-state index contributed by atoms with van der Waals surface area (Å²) >= 11 is 9.92. The summed E-state index contributed by atoms with van der Waals surface area (Å²) in [6.07, 6.45) is 1.62. The van der Waals surface area contributed by atoms with Crippen LogP contribution in [-0.2, 0) is 19.1 Å². The van der Waals surface area contributed by atoms with Crippen LogP contribution in [-0.4, -0.2) is 76.5 Å². The highest BCUT2D eigenvalue weighted by atomic mass is 79.9. The van der Waals surface area contributed by atoms with Gasteiger partial charge in [-0.1, -0.05) is 54.3 Å². The van der Waals surface area contributed by atoms with Gasteiger partial charge in [-0.3, -0.25) is 14.5 Å². The van der Waals surface area contributed by atoms with Crippen LogP contribution in [0.15, 0.2) is 51.8 Å². The topological polar surface area (TPSA) is 106 Å². The first-order chi connectivity index (χ1) is 18.3. The van der Waals surface area contributed by atoms with E-state index < -0.39 is 17.9 Å². The molecule has 2 saturated heterocycles. The molecule has 2 aliphatic rings. The smallest absolute Gasteiger partial charge is 0.331 e. The van der Waals surface area contributed by atoms with Gasteiger partial charge in [-0.05, 0) is 52.2 Å². The first-order valence-corrected chi connectivity index (χ1v) is 13.8. The lowest BCUT2D eigenvalue weighted by molar-refractivity contribution is -0.145. The summed E-state index contributed by atoms with van der Waals surface area (Å²) in [5, 5.41) is 9.88. The number of benzene rings is 2. The normalized spacial score (nSPS) is 17.6. The number of hydrogen-bond acceptors (Lipinski definition) is 8. The highest BCUT2D eigenvalue weighted by molar-refractivity contribution is 9.10. The van der Waals surface area contributed by atoms with Crippen molar-refractivity contribution in [3.05, 3.63) is 63.0 Å². The van der Waals surface area contributed by atoms with Gasteiger partial charge < -0.3 is 24.2 Å². The Hall–Kier alpha value is -2.93. The molecule has 200 valence electrons. The van der Waals surface area contributed by atoms with E-state index >= 15 is 0 Å². The van der Waals surface area contributed by atoms with Gasteiger partial charge in [-0.2, -0.15) is 0 Å². The zero-order valence-electron chi connectivity index (χ0n) is 20.4. The molecule has 2 aromatic carbocycles. The van der Waals surface area contributed by atoms with E-state index in [9.17, 15) is 19.5 Å². The van der Waals surface area contributed by atoms with Gasteiger partial charge in [0.05, 0.1) is 29.2 Å². The van der Waals surface area contributed by atoms with Crippen LogP contribution in [0.4, 0.5) is 0 Å². The minimum absolute atomic E-state index is 0.151. The van der Waals surface area contributed by atoms with Gasteiger partial charge >= 0.3 is 5.97 Å². The van der Waals surface area contributed by atoms with Crippen molar-refractivity contribution in [2.45, 2.75) is 13.0 Å². The van der Waals surface area contributed by atoms with Crippen LogP contribution in [0.5, 0.6) is 11.5 Å². The van der Waals surface area contributed by atoms with Crippen LogP contribution in [0.2, 0.25) is 0 Å². The van der Waals surface area contributed by atoms with Crippen molar-refractivity contribution in [1.82, 2.24) is 9.80 Å². The molecule has 9 nitrogen and oxygen atoms in total. The second kappa shape index (κ2) is 12.7. The molecule has 2 heterocycles.